The molecule has 5 nitrogen and oxygen atoms in total. The molecule has 1 heterocycles. The van der Waals surface area contributed by atoms with E-state index in [-0.39, 0.29) is 23.7 Å². The van der Waals surface area contributed by atoms with Gasteiger partial charge in [0.2, 0.25) is 0 Å². The van der Waals surface area contributed by atoms with Crippen LogP contribution in [0.25, 0.3) is 0 Å². The number of benzene rings is 1. The highest BCUT2D eigenvalue weighted by molar-refractivity contribution is 5.92. The van der Waals surface area contributed by atoms with Crippen molar-refractivity contribution in [2.24, 2.45) is 0 Å². The van der Waals surface area contributed by atoms with Crippen LogP contribution in [0.4, 0.5) is 0 Å². The van der Waals surface area contributed by atoms with E-state index in [1.165, 1.54) is 18.9 Å². The summed E-state index contributed by atoms with van der Waals surface area (Å²) in [6.45, 7) is 5.85. The fourth-order valence-electron chi connectivity index (χ4n) is 2.35. The average molecular weight is 330 g/mol. The van der Waals surface area contributed by atoms with Crippen LogP contribution in [-0.4, -0.2) is 48.8 Å². The van der Waals surface area contributed by atoms with Crippen LogP contribution < -0.4 is 4.74 Å². The summed E-state index contributed by atoms with van der Waals surface area (Å²) in [5.41, 5.74) is 0.181. The first-order chi connectivity index (χ1) is 10.2. The Labute approximate surface area is 137 Å². The number of phenolic OH excluding ortho intramolecular Hbond substituents is 1. The summed E-state index contributed by atoms with van der Waals surface area (Å²) < 4.78 is 10.6. The van der Waals surface area contributed by atoms with Crippen molar-refractivity contribution in [1.29, 1.82) is 0 Å². The number of halogens is 1. The lowest BCUT2D eigenvalue weighted by atomic mass is 10.2. The normalized spacial score (nSPS) is 14.4. The predicted octanol–water partition coefficient (Wildman–Crippen LogP) is 2.86. The third-order valence-corrected chi connectivity index (χ3v) is 3.50. The molecule has 1 saturated heterocycles. The Kier molecular flexibility index (Phi) is 8.06. The number of ether oxygens (including phenoxy) is 2. The molecule has 6 heteroatoms. The first-order valence-electron chi connectivity index (χ1n) is 7.56. The molecule has 1 N–H and O–H groups in total. The van der Waals surface area contributed by atoms with Crippen molar-refractivity contribution in [2.75, 3.05) is 32.8 Å². The summed E-state index contributed by atoms with van der Waals surface area (Å²) in [5.74, 6) is -0.0357. The van der Waals surface area contributed by atoms with Crippen molar-refractivity contribution in [2.45, 2.75) is 26.2 Å². The van der Waals surface area contributed by atoms with E-state index < -0.39 is 5.97 Å². The van der Waals surface area contributed by atoms with Gasteiger partial charge in [-0.15, -0.1) is 12.4 Å². The smallest absolute Gasteiger partial charge is 0.341 e. The Balaban J connectivity index is 0.00000242. The SMILES string of the molecule is CCCOc1ccc(C(=O)OCCN2CCCC2)c(O)c1.Cl. The van der Waals surface area contributed by atoms with Crippen LogP contribution in [0.15, 0.2) is 18.2 Å². The molecule has 1 aromatic carbocycles. The number of rotatable bonds is 7. The molecular weight excluding hydrogens is 306 g/mol. The Morgan fingerprint density at radius 3 is 2.64 bits per heavy atom. The third kappa shape index (κ3) is 5.39. The van der Waals surface area contributed by atoms with Gasteiger partial charge in [0.1, 0.15) is 23.7 Å². The lowest BCUT2D eigenvalue weighted by molar-refractivity contribution is 0.0469. The van der Waals surface area contributed by atoms with E-state index >= 15 is 0 Å². The van der Waals surface area contributed by atoms with Crippen molar-refractivity contribution in [3.8, 4) is 11.5 Å². The lowest BCUT2D eigenvalue weighted by Crippen LogP contribution is -2.25. The molecule has 0 saturated carbocycles. The summed E-state index contributed by atoms with van der Waals surface area (Å²) in [6.07, 6.45) is 3.32. The molecule has 0 unspecified atom stereocenters. The molecule has 1 aromatic rings. The second-order valence-corrected chi connectivity index (χ2v) is 5.21. The maximum atomic E-state index is 11.9. The minimum Gasteiger partial charge on any atom is -0.507 e. The molecule has 1 aliphatic rings. The van der Waals surface area contributed by atoms with Crippen LogP contribution in [0.5, 0.6) is 11.5 Å². The van der Waals surface area contributed by atoms with Gasteiger partial charge in [0.15, 0.2) is 0 Å². The second kappa shape index (κ2) is 9.54. The fraction of sp³-hybridized carbons (Fsp3) is 0.562. The van der Waals surface area contributed by atoms with E-state index in [0.717, 1.165) is 26.1 Å². The largest absolute Gasteiger partial charge is 0.507 e. The molecule has 0 radical (unpaired) electrons. The van der Waals surface area contributed by atoms with Gasteiger partial charge in [-0.2, -0.15) is 0 Å². The van der Waals surface area contributed by atoms with E-state index in [1.54, 1.807) is 12.1 Å². The van der Waals surface area contributed by atoms with Gasteiger partial charge in [-0.25, -0.2) is 4.79 Å². The number of esters is 1. The van der Waals surface area contributed by atoms with Gasteiger partial charge in [0.25, 0.3) is 0 Å². The summed E-state index contributed by atoms with van der Waals surface area (Å²) >= 11 is 0. The highest BCUT2D eigenvalue weighted by Crippen LogP contribution is 2.24. The molecule has 2 rings (SSSR count). The zero-order valence-electron chi connectivity index (χ0n) is 12.9. The summed E-state index contributed by atoms with van der Waals surface area (Å²) in [7, 11) is 0. The van der Waals surface area contributed by atoms with Crippen LogP contribution >= 0.6 is 12.4 Å². The number of hydrogen-bond donors (Lipinski definition) is 1. The first kappa shape index (κ1) is 18.6. The molecule has 0 atom stereocenters. The quantitative estimate of drug-likeness (QED) is 0.779. The Bertz CT molecular complexity index is 475. The van der Waals surface area contributed by atoms with E-state index in [0.29, 0.717) is 19.0 Å². The topological polar surface area (TPSA) is 59.0 Å². The fourth-order valence-corrected chi connectivity index (χ4v) is 2.35. The van der Waals surface area contributed by atoms with Gasteiger partial charge in [-0.3, -0.25) is 4.90 Å². The van der Waals surface area contributed by atoms with Crippen LogP contribution in [0.1, 0.15) is 36.5 Å². The second-order valence-electron chi connectivity index (χ2n) is 5.21. The molecule has 0 aliphatic carbocycles. The Morgan fingerprint density at radius 1 is 1.27 bits per heavy atom. The van der Waals surface area contributed by atoms with Crippen LogP contribution in [0.3, 0.4) is 0 Å². The molecule has 0 amide bonds. The third-order valence-electron chi connectivity index (χ3n) is 3.50. The molecule has 1 aliphatic heterocycles. The zero-order chi connectivity index (χ0) is 15.1. The summed E-state index contributed by atoms with van der Waals surface area (Å²) in [6, 6.07) is 4.66. The van der Waals surface area contributed by atoms with Crippen molar-refractivity contribution >= 4 is 18.4 Å². The van der Waals surface area contributed by atoms with E-state index in [9.17, 15) is 9.90 Å². The van der Waals surface area contributed by atoms with Crippen molar-refractivity contribution in [1.82, 2.24) is 4.90 Å². The number of carbonyl (C=O) groups is 1. The molecule has 0 spiro atoms. The maximum absolute atomic E-state index is 11.9. The molecule has 0 bridgehead atoms. The number of nitrogens with zero attached hydrogens (tertiary/aromatic N) is 1. The number of phenols is 1. The first-order valence-corrected chi connectivity index (χ1v) is 7.56. The van der Waals surface area contributed by atoms with Crippen molar-refractivity contribution < 1.29 is 19.4 Å². The molecular formula is C16H24ClNO4. The lowest BCUT2D eigenvalue weighted by Gasteiger charge is -2.14. The Hall–Kier alpha value is -1.46. The summed E-state index contributed by atoms with van der Waals surface area (Å²) in [4.78, 5) is 14.2. The van der Waals surface area contributed by atoms with Gasteiger partial charge >= 0.3 is 5.97 Å². The zero-order valence-corrected chi connectivity index (χ0v) is 13.7. The van der Waals surface area contributed by atoms with Crippen molar-refractivity contribution in [3.63, 3.8) is 0 Å². The summed E-state index contributed by atoms with van der Waals surface area (Å²) in [5, 5.41) is 9.88. The van der Waals surface area contributed by atoms with Crippen LogP contribution in [-0.2, 0) is 4.74 Å². The van der Waals surface area contributed by atoms with Gasteiger partial charge < -0.3 is 14.6 Å². The average Bonchev–Trinajstić information content (AvgIpc) is 2.98. The van der Waals surface area contributed by atoms with E-state index in [1.807, 2.05) is 6.92 Å². The van der Waals surface area contributed by atoms with Gasteiger partial charge in [-0.05, 0) is 44.5 Å². The van der Waals surface area contributed by atoms with Gasteiger partial charge in [-0.1, -0.05) is 6.92 Å². The monoisotopic (exact) mass is 329 g/mol. The number of hydrogen-bond acceptors (Lipinski definition) is 5. The van der Waals surface area contributed by atoms with Crippen molar-refractivity contribution in [3.05, 3.63) is 23.8 Å². The Morgan fingerprint density at radius 2 is 2.00 bits per heavy atom. The molecule has 22 heavy (non-hydrogen) atoms. The van der Waals surface area contributed by atoms with Gasteiger partial charge in [0.05, 0.1) is 6.61 Å². The predicted molar refractivity (Wildman–Crippen MR) is 87.1 cm³/mol. The highest BCUT2D eigenvalue weighted by atomic mass is 35.5. The van der Waals surface area contributed by atoms with E-state index in [4.69, 9.17) is 9.47 Å². The number of carbonyl (C=O) groups excluding carboxylic acids is 1. The maximum Gasteiger partial charge on any atom is 0.341 e. The number of aromatic hydroxyl groups is 1. The number of likely N-dealkylation sites (tertiary alicyclic amines) is 1. The minimum absolute atomic E-state index is 0. The highest BCUT2D eigenvalue weighted by Gasteiger charge is 2.15. The van der Waals surface area contributed by atoms with E-state index in [2.05, 4.69) is 4.90 Å². The molecule has 124 valence electrons. The van der Waals surface area contributed by atoms with Crippen LogP contribution in [0, 0.1) is 0 Å². The van der Waals surface area contributed by atoms with Gasteiger partial charge in [0, 0.05) is 12.6 Å². The minimum atomic E-state index is -0.492. The molecule has 1 fully saturated rings. The van der Waals surface area contributed by atoms with Crippen LogP contribution in [0.2, 0.25) is 0 Å². The molecule has 0 aromatic heterocycles. The standard InChI is InChI=1S/C16H23NO4.ClH/c1-2-10-20-13-5-6-14(15(18)12-13)16(19)21-11-9-17-7-3-4-8-17;/h5-6,12,18H,2-4,7-11H2,1H3;1H.